The molecule has 0 aliphatic heterocycles. The Morgan fingerprint density at radius 3 is 2.36 bits per heavy atom. The monoisotopic (exact) mass is 460 g/mol. The first kappa shape index (κ1) is 22.8. The molecule has 5 nitrogen and oxygen atoms in total. The van der Waals surface area contributed by atoms with Crippen LogP contribution in [0.2, 0.25) is 0 Å². The quantitative estimate of drug-likeness (QED) is 0.313. The Kier molecular flexibility index (Phi) is 6.94. The van der Waals surface area contributed by atoms with Crippen molar-refractivity contribution in [3.8, 4) is 11.5 Å². The summed E-state index contributed by atoms with van der Waals surface area (Å²) in [6.07, 6.45) is 0.954. The predicted octanol–water partition coefficient (Wildman–Crippen LogP) is 6.43. The van der Waals surface area contributed by atoms with Gasteiger partial charge in [-0.2, -0.15) is 0 Å². The lowest BCUT2D eigenvalue weighted by Gasteiger charge is -2.26. The maximum atomic E-state index is 12.4. The van der Waals surface area contributed by atoms with E-state index in [4.69, 9.17) is 9.47 Å². The van der Waals surface area contributed by atoms with Crippen LogP contribution in [0.3, 0.4) is 0 Å². The third kappa shape index (κ3) is 5.52. The number of amides is 1. The van der Waals surface area contributed by atoms with E-state index in [1.165, 1.54) is 22.5 Å². The highest BCUT2D eigenvalue weighted by atomic mass is 32.1. The van der Waals surface area contributed by atoms with E-state index >= 15 is 0 Å². The van der Waals surface area contributed by atoms with Gasteiger partial charge in [0.05, 0.1) is 16.8 Å². The SMILES string of the molecule is CCCOc1ccc2nc(NC(=O)COc3ccc(C(C)(C)c4ccccc4)cc3)sc2c1. The summed E-state index contributed by atoms with van der Waals surface area (Å²) in [5.41, 5.74) is 3.14. The highest BCUT2D eigenvalue weighted by molar-refractivity contribution is 7.22. The minimum atomic E-state index is -0.245. The Labute approximate surface area is 198 Å². The number of carbonyl (C=O) groups excluding carboxylic acids is 1. The number of ether oxygens (including phenoxy) is 2. The molecule has 0 aliphatic rings. The Bertz CT molecular complexity index is 1220. The van der Waals surface area contributed by atoms with Crippen LogP contribution < -0.4 is 14.8 Å². The van der Waals surface area contributed by atoms with E-state index in [2.05, 4.69) is 55.3 Å². The first-order valence-corrected chi connectivity index (χ1v) is 11.9. The number of benzene rings is 3. The normalized spacial score (nSPS) is 11.4. The van der Waals surface area contributed by atoms with E-state index in [-0.39, 0.29) is 17.9 Å². The molecule has 0 bridgehead atoms. The number of nitrogens with zero attached hydrogens (tertiary/aromatic N) is 1. The van der Waals surface area contributed by atoms with Crippen molar-refractivity contribution in [2.45, 2.75) is 32.6 Å². The average Bonchev–Trinajstić information content (AvgIpc) is 3.23. The molecule has 0 spiro atoms. The van der Waals surface area contributed by atoms with Crippen LogP contribution in [0.5, 0.6) is 11.5 Å². The maximum Gasteiger partial charge on any atom is 0.264 e. The molecule has 0 saturated heterocycles. The second kappa shape index (κ2) is 10.0. The molecule has 4 aromatic rings. The van der Waals surface area contributed by atoms with Crippen LogP contribution in [0.1, 0.15) is 38.3 Å². The summed E-state index contributed by atoms with van der Waals surface area (Å²) < 4.78 is 12.3. The molecule has 1 amide bonds. The second-order valence-corrected chi connectivity index (χ2v) is 9.38. The standard InChI is InChI=1S/C27H28N2O3S/c1-4-16-31-22-14-15-23-24(17-22)33-26(28-23)29-25(30)18-32-21-12-10-20(11-13-21)27(2,3)19-8-6-5-7-9-19/h5-15,17H,4,16,18H2,1-3H3,(H,28,29,30). The average molecular weight is 461 g/mol. The highest BCUT2D eigenvalue weighted by Crippen LogP contribution is 2.32. The van der Waals surface area contributed by atoms with Crippen molar-refractivity contribution < 1.29 is 14.3 Å². The minimum absolute atomic E-state index is 0.0811. The van der Waals surface area contributed by atoms with Gasteiger partial charge >= 0.3 is 0 Å². The van der Waals surface area contributed by atoms with Crippen LogP contribution in [0.4, 0.5) is 5.13 Å². The van der Waals surface area contributed by atoms with Crippen LogP contribution in [0, 0.1) is 0 Å². The van der Waals surface area contributed by atoms with Gasteiger partial charge in [0.2, 0.25) is 0 Å². The van der Waals surface area contributed by atoms with Crippen molar-refractivity contribution in [1.29, 1.82) is 0 Å². The number of thiazole rings is 1. The van der Waals surface area contributed by atoms with Crippen LogP contribution in [0.25, 0.3) is 10.2 Å². The van der Waals surface area contributed by atoms with Crippen LogP contribution in [-0.4, -0.2) is 24.1 Å². The topological polar surface area (TPSA) is 60.5 Å². The summed E-state index contributed by atoms with van der Waals surface area (Å²) in [4.78, 5) is 16.9. The molecule has 33 heavy (non-hydrogen) atoms. The second-order valence-electron chi connectivity index (χ2n) is 8.35. The van der Waals surface area contributed by atoms with Crippen molar-refractivity contribution in [2.75, 3.05) is 18.5 Å². The first-order chi connectivity index (χ1) is 16.0. The fourth-order valence-electron chi connectivity index (χ4n) is 3.56. The van der Waals surface area contributed by atoms with Gasteiger partial charge in [0.25, 0.3) is 5.91 Å². The van der Waals surface area contributed by atoms with E-state index in [9.17, 15) is 4.79 Å². The third-order valence-corrected chi connectivity index (χ3v) is 6.45. The number of nitrogens with one attached hydrogen (secondary N) is 1. The van der Waals surface area contributed by atoms with E-state index < -0.39 is 0 Å². The van der Waals surface area contributed by atoms with Crippen LogP contribution in [0.15, 0.2) is 72.8 Å². The van der Waals surface area contributed by atoms with Crippen molar-refractivity contribution in [1.82, 2.24) is 4.98 Å². The molecular formula is C27H28N2O3S. The summed E-state index contributed by atoms with van der Waals surface area (Å²) >= 11 is 1.42. The molecule has 0 aliphatic carbocycles. The lowest BCUT2D eigenvalue weighted by molar-refractivity contribution is -0.118. The van der Waals surface area contributed by atoms with Gasteiger partial charge < -0.3 is 9.47 Å². The van der Waals surface area contributed by atoms with E-state index in [1.54, 1.807) is 0 Å². The largest absolute Gasteiger partial charge is 0.494 e. The van der Waals surface area contributed by atoms with E-state index in [0.717, 1.165) is 22.4 Å². The molecule has 0 atom stereocenters. The Hall–Kier alpha value is -3.38. The zero-order valence-corrected chi connectivity index (χ0v) is 19.9. The fraction of sp³-hybridized carbons (Fsp3) is 0.259. The Balaban J connectivity index is 1.34. The maximum absolute atomic E-state index is 12.4. The number of fused-ring (bicyclic) bond motifs is 1. The summed E-state index contributed by atoms with van der Waals surface area (Å²) in [5.74, 6) is 1.22. The zero-order chi connectivity index (χ0) is 23.3. The summed E-state index contributed by atoms with van der Waals surface area (Å²) in [6, 6.07) is 24.1. The van der Waals surface area contributed by atoms with Crippen LogP contribution in [-0.2, 0) is 10.2 Å². The summed E-state index contributed by atoms with van der Waals surface area (Å²) in [6.45, 7) is 7.06. The number of carbonyl (C=O) groups is 1. The minimum Gasteiger partial charge on any atom is -0.494 e. The number of rotatable bonds is 9. The zero-order valence-electron chi connectivity index (χ0n) is 19.1. The van der Waals surface area contributed by atoms with Gasteiger partial charge in [-0.1, -0.05) is 74.6 Å². The summed E-state index contributed by atoms with van der Waals surface area (Å²) in [5, 5.41) is 3.37. The van der Waals surface area contributed by atoms with Gasteiger partial charge in [-0.15, -0.1) is 0 Å². The molecule has 1 heterocycles. The molecule has 0 radical (unpaired) electrons. The number of hydrogen-bond acceptors (Lipinski definition) is 5. The lowest BCUT2D eigenvalue weighted by Crippen LogP contribution is -2.20. The van der Waals surface area contributed by atoms with Crippen LogP contribution >= 0.6 is 11.3 Å². The number of hydrogen-bond donors (Lipinski definition) is 1. The third-order valence-electron chi connectivity index (χ3n) is 5.52. The van der Waals surface area contributed by atoms with E-state index in [1.807, 2.05) is 48.5 Å². The molecule has 0 saturated carbocycles. The van der Waals surface area contributed by atoms with Crippen molar-refractivity contribution in [2.24, 2.45) is 0 Å². The van der Waals surface area contributed by atoms with Gasteiger partial charge in [0.15, 0.2) is 11.7 Å². The molecule has 1 N–H and O–H groups in total. The molecule has 4 rings (SSSR count). The predicted molar refractivity (Wildman–Crippen MR) is 135 cm³/mol. The first-order valence-electron chi connectivity index (χ1n) is 11.1. The molecule has 3 aromatic carbocycles. The smallest absolute Gasteiger partial charge is 0.264 e. The molecule has 0 fully saturated rings. The van der Waals surface area contributed by atoms with Gasteiger partial charge in [-0.25, -0.2) is 4.98 Å². The number of aromatic nitrogens is 1. The molecule has 170 valence electrons. The number of anilines is 1. The molecular weight excluding hydrogens is 432 g/mol. The van der Waals surface area contributed by atoms with Crippen molar-refractivity contribution in [3.63, 3.8) is 0 Å². The highest BCUT2D eigenvalue weighted by Gasteiger charge is 2.22. The van der Waals surface area contributed by atoms with Gasteiger partial charge in [0.1, 0.15) is 11.5 Å². The Morgan fingerprint density at radius 1 is 0.939 bits per heavy atom. The van der Waals surface area contributed by atoms with Gasteiger partial charge in [-0.3, -0.25) is 10.1 Å². The summed E-state index contributed by atoms with van der Waals surface area (Å²) in [7, 11) is 0. The molecule has 0 unspecified atom stereocenters. The van der Waals surface area contributed by atoms with E-state index in [0.29, 0.717) is 17.5 Å². The fourth-order valence-corrected chi connectivity index (χ4v) is 4.47. The van der Waals surface area contributed by atoms with Crippen molar-refractivity contribution in [3.05, 3.63) is 83.9 Å². The molecule has 1 aromatic heterocycles. The Morgan fingerprint density at radius 2 is 1.64 bits per heavy atom. The molecule has 6 heteroatoms. The van der Waals surface area contributed by atoms with Crippen molar-refractivity contribution >= 4 is 32.6 Å². The lowest BCUT2D eigenvalue weighted by atomic mass is 9.78. The van der Waals surface area contributed by atoms with Gasteiger partial charge in [-0.05, 0) is 47.9 Å². The van der Waals surface area contributed by atoms with Gasteiger partial charge in [0, 0.05) is 5.41 Å².